The van der Waals surface area contributed by atoms with Gasteiger partial charge in [0.2, 0.25) is 17.7 Å². The lowest BCUT2D eigenvalue weighted by molar-refractivity contribution is -0.122. The first kappa shape index (κ1) is 24.5. The fraction of sp³-hybridized carbons (Fsp3) is 0.320. The minimum absolute atomic E-state index is 0.0903. The maximum atomic E-state index is 12.5. The van der Waals surface area contributed by atoms with Crippen LogP contribution in [0.5, 0.6) is 0 Å². The van der Waals surface area contributed by atoms with Gasteiger partial charge in [-0.25, -0.2) is 0 Å². The first-order valence-corrected chi connectivity index (χ1v) is 12.5. The molecule has 1 fully saturated rings. The van der Waals surface area contributed by atoms with Gasteiger partial charge in [-0.1, -0.05) is 43.0 Å². The molecule has 0 spiro atoms. The number of nitrogens with one attached hydrogen (secondary N) is 3. The lowest BCUT2D eigenvalue weighted by Gasteiger charge is -2.12. The van der Waals surface area contributed by atoms with Crippen molar-refractivity contribution in [3.05, 3.63) is 59.9 Å². The Morgan fingerprint density at radius 3 is 2.57 bits per heavy atom. The van der Waals surface area contributed by atoms with Crippen LogP contribution in [0.1, 0.15) is 44.0 Å². The summed E-state index contributed by atoms with van der Waals surface area (Å²) in [4.78, 5) is 36.2. The van der Waals surface area contributed by atoms with Crippen LogP contribution in [-0.4, -0.2) is 44.8 Å². The van der Waals surface area contributed by atoms with E-state index >= 15 is 0 Å². The highest BCUT2D eigenvalue weighted by Crippen LogP contribution is 2.41. The van der Waals surface area contributed by atoms with Crippen molar-refractivity contribution in [3.8, 4) is 5.69 Å². The molecule has 0 atom stereocenters. The van der Waals surface area contributed by atoms with Crippen molar-refractivity contribution in [2.75, 3.05) is 22.9 Å². The van der Waals surface area contributed by atoms with Crippen molar-refractivity contribution in [2.24, 2.45) is 0 Å². The third-order valence-electron chi connectivity index (χ3n) is 5.48. The maximum Gasteiger partial charge on any atom is 0.243 e. The van der Waals surface area contributed by atoms with Gasteiger partial charge in [0.05, 0.1) is 18.0 Å². The van der Waals surface area contributed by atoms with E-state index in [1.807, 2.05) is 60.0 Å². The van der Waals surface area contributed by atoms with E-state index in [-0.39, 0.29) is 30.0 Å². The Balaban J connectivity index is 1.38. The quantitative estimate of drug-likeness (QED) is 0.373. The maximum absolute atomic E-state index is 12.5. The van der Waals surface area contributed by atoms with E-state index in [1.165, 1.54) is 18.7 Å². The van der Waals surface area contributed by atoms with Crippen LogP contribution in [0.3, 0.4) is 0 Å². The summed E-state index contributed by atoms with van der Waals surface area (Å²) in [5.41, 5.74) is 3.29. The normalized spacial score (nSPS) is 12.7. The van der Waals surface area contributed by atoms with Crippen LogP contribution in [0.15, 0.2) is 53.7 Å². The van der Waals surface area contributed by atoms with E-state index in [0.717, 1.165) is 42.0 Å². The largest absolute Gasteiger partial charge is 0.346 e. The summed E-state index contributed by atoms with van der Waals surface area (Å²) in [5, 5.41) is 17.6. The van der Waals surface area contributed by atoms with Gasteiger partial charge < -0.3 is 16.0 Å². The van der Waals surface area contributed by atoms with Crippen LogP contribution in [0.25, 0.3) is 5.69 Å². The number of aromatic nitrogens is 3. The number of hydrogen-bond donors (Lipinski definition) is 3. The van der Waals surface area contributed by atoms with Gasteiger partial charge in [0.15, 0.2) is 5.16 Å². The number of aryl methyl sites for hydroxylation is 1. The second-order valence-electron chi connectivity index (χ2n) is 8.31. The Kier molecular flexibility index (Phi) is 7.81. The van der Waals surface area contributed by atoms with Gasteiger partial charge in [-0.05, 0) is 49.1 Å². The molecule has 0 aliphatic heterocycles. The van der Waals surface area contributed by atoms with Crippen molar-refractivity contribution >= 4 is 40.9 Å². The lowest BCUT2D eigenvalue weighted by atomic mass is 10.1. The molecule has 10 heteroatoms. The Hall–Kier alpha value is -3.66. The molecule has 3 N–H and O–H groups in total. The molecule has 1 aromatic heterocycles. The topological polar surface area (TPSA) is 118 Å². The number of thioether (sulfide) groups is 1. The highest BCUT2D eigenvalue weighted by atomic mass is 32.2. The second-order valence-corrected chi connectivity index (χ2v) is 9.25. The zero-order chi connectivity index (χ0) is 24.8. The summed E-state index contributed by atoms with van der Waals surface area (Å²) in [7, 11) is 0. The molecule has 4 rings (SSSR count). The van der Waals surface area contributed by atoms with Crippen LogP contribution >= 0.6 is 11.8 Å². The number of benzene rings is 2. The fourth-order valence-electron chi connectivity index (χ4n) is 3.65. The van der Waals surface area contributed by atoms with Crippen LogP contribution < -0.4 is 16.0 Å². The fourth-order valence-corrected chi connectivity index (χ4v) is 4.44. The van der Waals surface area contributed by atoms with E-state index in [1.54, 1.807) is 0 Å². The van der Waals surface area contributed by atoms with Crippen LogP contribution in [0.2, 0.25) is 0 Å². The molecule has 3 aromatic rings. The average Bonchev–Trinajstić information content (AvgIpc) is 3.60. The molecule has 3 amide bonds. The first-order valence-electron chi connectivity index (χ1n) is 11.5. The van der Waals surface area contributed by atoms with E-state index in [4.69, 9.17) is 0 Å². The van der Waals surface area contributed by atoms with Crippen molar-refractivity contribution in [3.63, 3.8) is 0 Å². The molecule has 2 aromatic carbocycles. The number of nitrogens with zero attached hydrogens (tertiary/aromatic N) is 3. The predicted molar refractivity (Wildman–Crippen MR) is 136 cm³/mol. The van der Waals surface area contributed by atoms with Gasteiger partial charge in [-0.2, -0.15) is 0 Å². The minimum Gasteiger partial charge on any atom is -0.346 e. The van der Waals surface area contributed by atoms with Crippen molar-refractivity contribution in [1.29, 1.82) is 0 Å². The summed E-state index contributed by atoms with van der Waals surface area (Å²) in [6, 6.07) is 15.0. The zero-order valence-corrected chi connectivity index (χ0v) is 20.5. The third-order valence-corrected chi connectivity index (χ3v) is 6.41. The zero-order valence-electron chi connectivity index (χ0n) is 19.7. The molecule has 0 saturated heterocycles. The van der Waals surface area contributed by atoms with E-state index in [0.29, 0.717) is 16.8 Å². The van der Waals surface area contributed by atoms with Gasteiger partial charge in [0.25, 0.3) is 0 Å². The molecule has 9 nitrogen and oxygen atoms in total. The minimum atomic E-state index is -0.279. The van der Waals surface area contributed by atoms with Gasteiger partial charge in [-0.3, -0.25) is 19.0 Å². The predicted octanol–water partition coefficient (Wildman–Crippen LogP) is 3.51. The van der Waals surface area contributed by atoms with Gasteiger partial charge >= 0.3 is 0 Å². The summed E-state index contributed by atoms with van der Waals surface area (Å²) < 4.78 is 1.94. The van der Waals surface area contributed by atoms with Crippen LogP contribution in [0, 0.1) is 0 Å². The number of carbonyl (C=O) groups is 3. The lowest BCUT2D eigenvalue weighted by Crippen LogP contribution is -2.34. The molecule has 0 bridgehead atoms. The number of para-hydroxylation sites is 1. The van der Waals surface area contributed by atoms with Crippen molar-refractivity contribution in [1.82, 2.24) is 20.1 Å². The van der Waals surface area contributed by atoms with Crippen LogP contribution in [0.4, 0.5) is 11.4 Å². The molecule has 182 valence electrons. The van der Waals surface area contributed by atoms with Crippen LogP contribution in [-0.2, 0) is 20.8 Å². The summed E-state index contributed by atoms with van der Waals surface area (Å²) in [5.74, 6) is 0.572. The Bertz CT molecular complexity index is 1240. The summed E-state index contributed by atoms with van der Waals surface area (Å²) >= 11 is 1.26. The highest BCUT2D eigenvalue weighted by Gasteiger charge is 2.31. The summed E-state index contributed by atoms with van der Waals surface area (Å²) in [6.45, 7) is 3.37. The number of rotatable bonds is 10. The second kappa shape index (κ2) is 11.2. The van der Waals surface area contributed by atoms with E-state index < -0.39 is 0 Å². The SMILES string of the molecule is CCc1ccccc1NC(=O)CNC(=O)CSc1nnc(C2CC2)n1-c1cccc(NC(C)=O)c1. The number of anilines is 2. The van der Waals surface area contributed by atoms with Gasteiger partial charge in [0, 0.05) is 24.2 Å². The summed E-state index contributed by atoms with van der Waals surface area (Å²) in [6.07, 6.45) is 2.90. The average molecular weight is 493 g/mol. The monoisotopic (exact) mass is 492 g/mol. The Labute approximate surface area is 208 Å². The van der Waals surface area contributed by atoms with Crippen molar-refractivity contribution < 1.29 is 14.4 Å². The van der Waals surface area contributed by atoms with Gasteiger partial charge in [-0.15, -0.1) is 10.2 Å². The molecule has 35 heavy (non-hydrogen) atoms. The van der Waals surface area contributed by atoms with Gasteiger partial charge in [0.1, 0.15) is 5.82 Å². The number of amides is 3. The smallest absolute Gasteiger partial charge is 0.243 e. The van der Waals surface area contributed by atoms with Crippen molar-refractivity contribution in [2.45, 2.75) is 44.2 Å². The molecule has 1 heterocycles. The molecule has 0 unspecified atom stereocenters. The highest BCUT2D eigenvalue weighted by molar-refractivity contribution is 7.99. The Morgan fingerprint density at radius 2 is 1.83 bits per heavy atom. The van der Waals surface area contributed by atoms with E-state index in [2.05, 4.69) is 26.1 Å². The Morgan fingerprint density at radius 1 is 1.03 bits per heavy atom. The standard InChI is InChI=1S/C25H28N6O3S/c1-3-17-7-4-5-10-21(17)28-22(33)14-26-23(34)15-35-25-30-29-24(18-11-12-18)31(25)20-9-6-8-19(13-20)27-16(2)32/h4-10,13,18H,3,11-12,14-15H2,1-2H3,(H,26,34)(H,27,32)(H,28,33). The molecule has 0 radical (unpaired) electrons. The molecular formula is C25H28N6O3S. The molecule has 1 saturated carbocycles. The molecule has 1 aliphatic carbocycles. The third kappa shape index (κ3) is 6.48. The number of carbonyl (C=O) groups excluding carboxylic acids is 3. The van der Waals surface area contributed by atoms with E-state index in [9.17, 15) is 14.4 Å². The molecular weight excluding hydrogens is 464 g/mol. The first-order chi connectivity index (χ1) is 16.9. The molecule has 1 aliphatic rings. The number of hydrogen-bond acceptors (Lipinski definition) is 6.